The second-order valence-electron chi connectivity index (χ2n) is 3.50. The van der Waals surface area contributed by atoms with Gasteiger partial charge < -0.3 is 15.9 Å². The summed E-state index contributed by atoms with van der Waals surface area (Å²) < 4.78 is 0. The first-order valence-electron chi connectivity index (χ1n) is 5.12. The van der Waals surface area contributed by atoms with E-state index in [0.29, 0.717) is 0 Å². The molecular formula is C10H12N2O6S2. The molecule has 0 saturated carbocycles. The minimum Gasteiger partial charge on any atom is -0.480 e. The maximum Gasteiger partial charge on any atom is 0.337 e. The van der Waals surface area contributed by atoms with Crippen LogP contribution in [0.25, 0.3) is 0 Å². The predicted molar refractivity (Wildman–Crippen MR) is 77.5 cm³/mol. The lowest BCUT2D eigenvalue weighted by atomic mass is 10.0. The molecule has 0 fully saturated rings. The van der Waals surface area contributed by atoms with Gasteiger partial charge >= 0.3 is 11.9 Å². The molecule has 10 heteroatoms. The molecule has 1 rings (SSSR count). The molecule has 0 amide bonds. The van der Waals surface area contributed by atoms with Gasteiger partial charge in [-0.05, 0) is 6.08 Å². The van der Waals surface area contributed by atoms with Gasteiger partial charge in [-0.1, -0.05) is 12.2 Å². The van der Waals surface area contributed by atoms with Gasteiger partial charge in [-0.3, -0.25) is 14.9 Å². The number of carboxylic acids is 2. The van der Waals surface area contributed by atoms with Gasteiger partial charge in [0.2, 0.25) is 0 Å². The summed E-state index contributed by atoms with van der Waals surface area (Å²) >= 11 is 8.38. The van der Waals surface area contributed by atoms with Gasteiger partial charge in [0.05, 0.1) is 10.5 Å². The standard InChI is InChI=1S/C7H5NO4S.C3H7NO2S/c9-7(10)5-3-4(8(11)12)1-2-6(5)13;4-2(1-7)3(5)6/h1,3H,2H2,(H,9,10);2,7H,1,4H2,(H,5,6)/t;2-/m.0/s1. The number of allylic oxidation sites excluding steroid dienone is 2. The van der Waals surface area contributed by atoms with Crippen molar-refractivity contribution in [1.82, 2.24) is 0 Å². The zero-order valence-corrected chi connectivity index (χ0v) is 11.8. The molecule has 0 bridgehead atoms. The van der Waals surface area contributed by atoms with Crippen molar-refractivity contribution in [2.24, 2.45) is 5.73 Å². The quantitative estimate of drug-likeness (QED) is 0.250. The van der Waals surface area contributed by atoms with E-state index in [-0.39, 0.29) is 28.3 Å². The molecule has 0 aromatic rings. The molecule has 4 N–H and O–H groups in total. The topological polar surface area (TPSA) is 144 Å². The fraction of sp³-hybridized carbons (Fsp3) is 0.300. The van der Waals surface area contributed by atoms with Gasteiger partial charge in [-0.2, -0.15) is 12.6 Å². The fourth-order valence-corrected chi connectivity index (χ4v) is 1.37. The highest BCUT2D eigenvalue weighted by atomic mass is 32.1. The van der Waals surface area contributed by atoms with E-state index in [4.69, 9.17) is 28.2 Å². The van der Waals surface area contributed by atoms with Crippen molar-refractivity contribution in [3.05, 3.63) is 33.5 Å². The Bertz CT molecular complexity index is 500. The van der Waals surface area contributed by atoms with E-state index in [1.54, 1.807) is 0 Å². The number of nitrogens with zero attached hydrogens (tertiary/aromatic N) is 1. The summed E-state index contributed by atoms with van der Waals surface area (Å²) in [6, 6.07) is -0.816. The number of hydrogen-bond donors (Lipinski definition) is 4. The van der Waals surface area contributed by atoms with Crippen LogP contribution < -0.4 is 5.73 Å². The third kappa shape index (κ3) is 5.91. The Hall–Kier alpha value is -1.78. The number of nitro groups is 1. The molecule has 0 spiro atoms. The van der Waals surface area contributed by atoms with Crippen molar-refractivity contribution >= 4 is 41.6 Å². The summed E-state index contributed by atoms with van der Waals surface area (Å²) in [6.45, 7) is 0. The number of thiocarbonyl (C=S) groups is 1. The minimum atomic E-state index is -1.22. The van der Waals surface area contributed by atoms with Crippen molar-refractivity contribution in [3.63, 3.8) is 0 Å². The summed E-state index contributed by atoms with van der Waals surface area (Å²) in [5, 5.41) is 26.9. The number of hydrogen-bond acceptors (Lipinski definition) is 7. The number of thiol groups is 1. The van der Waals surface area contributed by atoms with Crippen molar-refractivity contribution in [3.8, 4) is 0 Å². The maximum absolute atomic E-state index is 10.5. The van der Waals surface area contributed by atoms with E-state index >= 15 is 0 Å². The Morgan fingerprint density at radius 2 is 2.10 bits per heavy atom. The van der Waals surface area contributed by atoms with Crippen LogP contribution in [-0.4, -0.2) is 43.7 Å². The summed E-state index contributed by atoms with van der Waals surface area (Å²) in [4.78, 5) is 30.2. The van der Waals surface area contributed by atoms with Crippen molar-refractivity contribution < 1.29 is 24.7 Å². The Labute approximate surface area is 124 Å². The molecular weight excluding hydrogens is 308 g/mol. The molecule has 1 aliphatic rings. The highest BCUT2D eigenvalue weighted by Gasteiger charge is 2.21. The number of carboxylic acid groups (broad SMARTS) is 2. The fourth-order valence-electron chi connectivity index (χ4n) is 0.981. The van der Waals surface area contributed by atoms with E-state index in [1.165, 1.54) is 6.08 Å². The highest BCUT2D eigenvalue weighted by molar-refractivity contribution is 7.81. The third-order valence-electron chi connectivity index (χ3n) is 2.04. The van der Waals surface area contributed by atoms with Gasteiger partial charge in [0.1, 0.15) is 6.04 Å². The van der Waals surface area contributed by atoms with E-state index in [2.05, 4.69) is 12.6 Å². The lowest BCUT2D eigenvalue weighted by Gasteiger charge is -2.05. The first-order valence-corrected chi connectivity index (χ1v) is 6.16. The Balaban J connectivity index is 0.000000441. The number of carbonyl (C=O) groups is 2. The van der Waals surface area contributed by atoms with Crippen LogP contribution in [0.4, 0.5) is 0 Å². The molecule has 0 radical (unpaired) electrons. The summed E-state index contributed by atoms with van der Waals surface area (Å²) in [7, 11) is 0. The van der Waals surface area contributed by atoms with Gasteiger partial charge in [0.25, 0.3) is 5.70 Å². The Morgan fingerprint density at radius 1 is 1.55 bits per heavy atom. The van der Waals surface area contributed by atoms with Crippen LogP contribution in [0.2, 0.25) is 0 Å². The van der Waals surface area contributed by atoms with Crippen LogP contribution in [0, 0.1) is 10.1 Å². The van der Waals surface area contributed by atoms with Crippen LogP contribution in [0.5, 0.6) is 0 Å². The molecule has 1 aliphatic carbocycles. The van der Waals surface area contributed by atoms with Gasteiger partial charge in [0.15, 0.2) is 0 Å². The first kappa shape index (κ1) is 18.2. The summed E-state index contributed by atoms with van der Waals surface area (Å²) in [5.41, 5.74) is 4.56. The first-order chi connectivity index (χ1) is 9.20. The average molecular weight is 320 g/mol. The van der Waals surface area contributed by atoms with Gasteiger partial charge in [0, 0.05) is 23.1 Å². The molecule has 1 atom stereocenters. The molecule has 0 heterocycles. The Morgan fingerprint density at radius 3 is 2.40 bits per heavy atom. The molecule has 0 aromatic carbocycles. The normalized spacial score (nSPS) is 15.2. The van der Waals surface area contributed by atoms with Crippen LogP contribution in [-0.2, 0) is 9.59 Å². The number of rotatable bonds is 4. The molecule has 0 saturated heterocycles. The molecule has 0 unspecified atom stereocenters. The molecule has 110 valence electrons. The molecule has 0 aromatic heterocycles. The van der Waals surface area contributed by atoms with E-state index in [1.807, 2.05) is 0 Å². The van der Waals surface area contributed by atoms with E-state index in [0.717, 1.165) is 6.08 Å². The van der Waals surface area contributed by atoms with E-state index in [9.17, 15) is 19.7 Å². The summed E-state index contributed by atoms with van der Waals surface area (Å²) in [5.74, 6) is -2.04. The predicted octanol–water partition coefficient (Wildman–Crippen LogP) is 0.260. The largest absolute Gasteiger partial charge is 0.480 e. The second kappa shape index (κ2) is 8.40. The van der Waals surface area contributed by atoms with Crippen LogP contribution >= 0.6 is 24.8 Å². The highest BCUT2D eigenvalue weighted by Crippen LogP contribution is 2.16. The summed E-state index contributed by atoms with van der Waals surface area (Å²) in [6.07, 6.45) is 2.42. The van der Waals surface area contributed by atoms with Crippen LogP contribution in [0.3, 0.4) is 0 Å². The molecule has 20 heavy (non-hydrogen) atoms. The number of aliphatic carboxylic acids is 2. The third-order valence-corrected chi connectivity index (χ3v) is 2.82. The lowest BCUT2D eigenvalue weighted by Crippen LogP contribution is -2.31. The lowest BCUT2D eigenvalue weighted by molar-refractivity contribution is -0.419. The van der Waals surface area contributed by atoms with Gasteiger partial charge in [-0.15, -0.1) is 0 Å². The second-order valence-corrected chi connectivity index (χ2v) is 4.36. The smallest absolute Gasteiger partial charge is 0.337 e. The molecule has 0 aliphatic heterocycles. The zero-order valence-electron chi connectivity index (χ0n) is 10.1. The zero-order chi connectivity index (χ0) is 15.9. The Kier molecular flexibility index (Phi) is 7.65. The molecule has 8 nitrogen and oxygen atoms in total. The van der Waals surface area contributed by atoms with Crippen molar-refractivity contribution in [2.45, 2.75) is 12.5 Å². The minimum absolute atomic E-state index is 0.143. The van der Waals surface area contributed by atoms with Crippen molar-refractivity contribution in [1.29, 1.82) is 0 Å². The SMILES string of the molecule is N[C@@H](CS)C(=O)O.O=C(O)C1=CC([N+](=O)[O-])=CCC1=S. The van der Waals surface area contributed by atoms with Crippen LogP contribution in [0.1, 0.15) is 6.42 Å². The van der Waals surface area contributed by atoms with Gasteiger partial charge in [-0.25, -0.2) is 4.79 Å². The van der Waals surface area contributed by atoms with Crippen LogP contribution in [0.15, 0.2) is 23.4 Å². The van der Waals surface area contributed by atoms with Crippen molar-refractivity contribution in [2.75, 3.05) is 5.75 Å². The van der Waals surface area contributed by atoms with E-state index < -0.39 is 22.9 Å². The average Bonchev–Trinajstić information content (AvgIpc) is 2.38. The maximum atomic E-state index is 10.5. The number of nitrogens with two attached hydrogens (primary N) is 1. The monoisotopic (exact) mass is 320 g/mol.